The van der Waals surface area contributed by atoms with Crippen molar-refractivity contribution >= 4 is 35.6 Å². The van der Waals surface area contributed by atoms with Crippen LogP contribution >= 0.6 is 24.0 Å². The molecule has 1 aliphatic heterocycles. The van der Waals surface area contributed by atoms with Crippen LogP contribution in [0.4, 0.5) is 5.69 Å². The number of guanidine groups is 1. The van der Waals surface area contributed by atoms with E-state index in [1.165, 1.54) is 5.69 Å². The van der Waals surface area contributed by atoms with Gasteiger partial charge in [-0.2, -0.15) is 0 Å². The molecule has 1 aromatic rings. The number of aliphatic imine (C=N–C) groups is 1. The van der Waals surface area contributed by atoms with E-state index in [4.69, 9.17) is 9.73 Å². The summed E-state index contributed by atoms with van der Waals surface area (Å²) in [6.07, 6.45) is 0.984. The normalized spacial score (nSPS) is 16.6. The standard InChI is InChI=1S/C20H35N5O.HI/c1-4-21-20(22-11-8-16-26-3)23-17-18(2)24-12-14-25(15-13-24)19-9-6-5-7-10-19;/h5-7,9-10,18H,4,8,11-17H2,1-3H3,(H2,21,22,23);1H. The number of methoxy groups -OCH3 is 1. The van der Waals surface area contributed by atoms with Crippen LogP contribution in [0.25, 0.3) is 0 Å². The van der Waals surface area contributed by atoms with Crippen LogP contribution in [-0.2, 0) is 4.74 Å². The highest BCUT2D eigenvalue weighted by molar-refractivity contribution is 14.0. The Balaban J connectivity index is 0.00000364. The number of benzene rings is 1. The van der Waals surface area contributed by atoms with Crippen LogP contribution in [-0.4, -0.2) is 76.4 Å². The van der Waals surface area contributed by atoms with E-state index >= 15 is 0 Å². The second-order valence-corrected chi connectivity index (χ2v) is 6.70. The molecule has 2 N–H and O–H groups in total. The second-order valence-electron chi connectivity index (χ2n) is 6.70. The minimum absolute atomic E-state index is 0. The molecule has 1 unspecified atom stereocenters. The first-order valence-electron chi connectivity index (χ1n) is 9.79. The third-order valence-corrected chi connectivity index (χ3v) is 4.73. The van der Waals surface area contributed by atoms with Gasteiger partial charge in [0.2, 0.25) is 0 Å². The number of hydrogen-bond donors (Lipinski definition) is 2. The van der Waals surface area contributed by atoms with Gasteiger partial charge >= 0.3 is 0 Å². The second kappa shape index (κ2) is 14.0. The molecule has 0 aromatic heterocycles. The lowest BCUT2D eigenvalue weighted by Gasteiger charge is -2.38. The molecule has 0 radical (unpaired) electrons. The van der Waals surface area contributed by atoms with Crippen molar-refractivity contribution in [3.8, 4) is 0 Å². The predicted molar refractivity (Wildman–Crippen MR) is 126 cm³/mol. The van der Waals surface area contributed by atoms with Crippen LogP contribution in [0.2, 0.25) is 0 Å². The lowest BCUT2D eigenvalue weighted by atomic mass is 10.2. The maximum atomic E-state index is 5.09. The average molecular weight is 489 g/mol. The fourth-order valence-electron chi connectivity index (χ4n) is 3.16. The van der Waals surface area contributed by atoms with Crippen molar-refractivity contribution in [2.24, 2.45) is 4.99 Å². The fraction of sp³-hybridized carbons (Fsp3) is 0.650. The molecule has 27 heavy (non-hydrogen) atoms. The molecule has 1 aromatic carbocycles. The SMILES string of the molecule is CCNC(=NCC(C)N1CCN(c2ccccc2)CC1)NCCCOC.I. The average Bonchev–Trinajstić information content (AvgIpc) is 2.70. The van der Waals surface area contributed by atoms with Crippen molar-refractivity contribution in [3.63, 3.8) is 0 Å². The molecule has 1 atom stereocenters. The Morgan fingerprint density at radius 1 is 1.15 bits per heavy atom. The number of nitrogens with one attached hydrogen (secondary N) is 2. The van der Waals surface area contributed by atoms with Gasteiger partial charge < -0.3 is 20.3 Å². The van der Waals surface area contributed by atoms with Crippen LogP contribution in [0, 0.1) is 0 Å². The number of anilines is 1. The lowest BCUT2D eigenvalue weighted by molar-refractivity contribution is 0.195. The Labute approximate surface area is 181 Å². The number of halogens is 1. The number of nitrogens with zero attached hydrogens (tertiary/aromatic N) is 3. The Bertz CT molecular complexity index is 520. The highest BCUT2D eigenvalue weighted by atomic mass is 127. The van der Waals surface area contributed by atoms with Gasteiger partial charge in [-0.15, -0.1) is 24.0 Å². The van der Waals surface area contributed by atoms with Gasteiger partial charge in [0.15, 0.2) is 5.96 Å². The minimum atomic E-state index is 0. The zero-order valence-corrected chi connectivity index (χ0v) is 19.3. The highest BCUT2D eigenvalue weighted by Gasteiger charge is 2.21. The molecule has 1 saturated heterocycles. The number of para-hydroxylation sites is 1. The number of piperazine rings is 1. The van der Waals surface area contributed by atoms with Crippen molar-refractivity contribution < 1.29 is 4.74 Å². The molecule has 6 nitrogen and oxygen atoms in total. The van der Waals surface area contributed by atoms with Gasteiger partial charge in [-0.25, -0.2) is 0 Å². The fourth-order valence-corrected chi connectivity index (χ4v) is 3.16. The summed E-state index contributed by atoms with van der Waals surface area (Å²) >= 11 is 0. The largest absolute Gasteiger partial charge is 0.385 e. The molecule has 0 aliphatic carbocycles. The molecule has 0 bridgehead atoms. The summed E-state index contributed by atoms with van der Waals surface area (Å²) in [7, 11) is 1.73. The van der Waals surface area contributed by atoms with E-state index in [2.05, 4.69) is 64.6 Å². The summed E-state index contributed by atoms with van der Waals surface area (Å²) in [6.45, 7) is 12.0. The van der Waals surface area contributed by atoms with E-state index in [9.17, 15) is 0 Å². The van der Waals surface area contributed by atoms with Crippen molar-refractivity contribution in [2.75, 3.05) is 64.4 Å². The van der Waals surface area contributed by atoms with Gasteiger partial charge in [-0.3, -0.25) is 9.89 Å². The van der Waals surface area contributed by atoms with Crippen molar-refractivity contribution in [1.29, 1.82) is 0 Å². The third-order valence-electron chi connectivity index (χ3n) is 4.73. The molecule has 1 aliphatic rings. The van der Waals surface area contributed by atoms with E-state index in [0.29, 0.717) is 6.04 Å². The van der Waals surface area contributed by atoms with Crippen LogP contribution in [0.1, 0.15) is 20.3 Å². The summed E-state index contributed by atoms with van der Waals surface area (Å²) in [6, 6.07) is 11.1. The molecule has 1 fully saturated rings. The third kappa shape index (κ3) is 8.66. The van der Waals surface area contributed by atoms with E-state index in [0.717, 1.165) is 64.8 Å². The van der Waals surface area contributed by atoms with E-state index < -0.39 is 0 Å². The first-order chi connectivity index (χ1) is 12.7. The zero-order valence-electron chi connectivity index (χ0n) is 17.0. The summed E-state index contributed by atoms with van der Waals surface area (Å²) < 4.78 is 5.09. The van der Waals surface area contributed by atoms with Crippen LogP contribution in [0.3, 0.4) is 0 Å². The molecule has 0 amide bonds. The molecule has 154 valence electrons. The first kappa shape index (κ1) is 24.0. The number of rotatable bonds is 9. The van der Waals surface area contributed by atoms with Crippen molar-refractivity contribution in [1.82, 2.24) is 15.5 Å². The summed E-state index contributed by atoms with van der Waals surface area (Å²) in [5, 5.41) is 6.69. The predicted octanol–water partition coefficient (Wildman–Crippen LogP) is 2.41. The molecule has 7 heteroatoms. The lowest BCUT2D eigenvalue weighted by Crippen LogP contribution is -2.50. The van der Waals surface area contributed by atoms with Gasteiger partial charge in [0.25, 0.3) is 0 Å². The molecule has 2 rings (SSSR count). The van der Waals surface area contributed by atoms with Crippen molar-refractivity contribution in [2.45, 2.75) is 26.3 Å². The van der Waals surface area contributed by atoms with E-state index in [1.807, 2.05) is 0 Å². The van der Waals surface area contributed by atoms with Gasteiger partial charge in [0.1, 0.15) is 0 Å². The maximum Gasteiger partial charge on any atom is 0.191 e. The summed E-state index contributed by atoms with van der Waals surface area (Å²) in [5.74, 6) is 0.901. The Morgan fingerprint density at radius 3 is 2.48 bits per heavy atom. The van der Waals surface area contributed by atoms with Gasteiger partial charge in [0, 0.05) is 64.7 Å². The minimum Gasteiger partial charge on any atom is -0.385 e. The molecule has 0 spiro atoms. The van der Waals surface area contributed by atoms with Crippen LogP contribution in [0.5, 0.6) is 0 Å². The smallest absolute Gasteiger partial charge is 0.191 e. The van der Waals surface area contributed by atoms with Gasteiger partial charge in [-0.1, -0.05) is 18.2 Å². The van der Waals surface area contributed by atoms with Crippen LogP contribution in [0.15, 0.2) is 35.3 Å². The zero-order chi connectivity index (χ0) is 18.6. The quantitative estimate of drug-likeness (QED) is 0.242. The topological polar surface area (TPSA) is 52.1 Å². The molecular weight excluding hydrogens is 453 g/mol. The van der Waals surface area contributed by atoms with Gasteiger partial charge in [-0.05, 0) is 32.4 Å². The number of hydrogen-bond acceptors (Lipinski definition) is 4. The summed E-state index contributed by atoms with van der Waals surface area (Å²) in [5.41, 5.74) is 1.33. The molecule has 0 saturated carbocycles. The maximum absolute atomic E-state index is 5.09. The Hall–Kier alpha value is -1.06. The van der Waals surface area contributed by atoms with Crippen LogP contribution < -0.4 is 15.5 Å². The molecular formula is C20H36IN5O. The number of ether oxygens (including phenoxy) is 1. The van der Waals surface area contributed by atoms with Gasteiger partial charge in [0.05, 0.1) is 6.54 Å². The molecule has 1 heterocycles. The first-order valence-corrected chi connectivity index (χ1v) is 9.79. The monoisotopic (exact) mass is 489 g/mol. The van der Waals surface area contributed by atoms with Crippen molar-refractivity contribution in [3.05, 3.63) is 30.3 Å². The summed E-state index contributed by atoms with van der Waals surface area (Å²) in [4.78, 5) is 9.77. The Kier molecular flexibility index (Phi) is 12.4. The van der Waals surface area contributed by atoms with E-state index in [-0.39, 0.29) is 24.0 Å². The van der Waals surface area contributed by atoms with E-state index in [1.54, 1.807) is 7.11 Å². The highest BCUT2D eigenvalue weighted by Crippen LogP contribution is 2.16. The Morgan fingerprint density at radius 2 is 1.85 bits per heavy atom.